The maximum atomic E-state index is 13.8. The van der Waals surface area contributed by atoms with Crippen molar-refractivity contribution < 1.29 is 18.7 Å². The molecule has 2 aliphatic rings. The topological polar surface area (TPSA) is 61.9 Å². The molecule has 2 aliphatic heterocycles. The van der Waals surface area contributed by atoms with E-state index < -0.39 is 11.9 Å². The Balaban J connectivity index is 0.00000261. The number of para-hydroxylation sites is 1. The number of hydrogen-bond donors (Lipinski definition) is 1. The Bertz CT molecular complexity index is 661. The smallest absolute Gasteiger partial charge is 0.263 e. The Labute approximate surface area is 165 Å². The van der Waals surface area contributed by atoms with Crippen LogP contribution in [0.5, 0.6) is 5.75 Å². The lowest BCUT2D eigenvalue weighted by Crippen LogP contribution is -2.58. The monoisotopic (exact) mass is 399 g/mol. The fourth-order valence-corrected chi connectivity index (χ4v) is 3.62. The minimum absolute atomic E-state index is 0. The van der Waals surface area contributed by atoms with E-state index in [0.29, 0.717) is 32.6 Å². The molecule has 1 aromatic rings. The number of hydrogen-bond acceptors (Lipinski definition) is 4. The molecule has 0 spiro atoms. The minimum atomic E-state index is -0.718. The van der Waals surface area contributed by atoms with E-state index >= 15 is 0 Å². The number of carbonyl (C=O) groups is 2. The van der Waals surface area contributed by atoms with Crippen molar-refractivity contribution in [3.8, 4) is 5.75 Å². The molecule has 6 nitrogen and oxygen atoms in total. The van der Waals surface area contributed by atoms with Gasteiger partial charge < -0.3 is 19.9 Å². The summed E-state index contributed by atoms with van der Waals surface area (Å²) in [6, 6.07) is 6.17. The van der Waals surface area contributed by atoms with Gasteiger partial charge in [0.2, 0.25) is 5.91 Å². The van der Waals surface area contributed by atoms with E-state index in [1.807, 2.05) is 11.8 Å². The molecule has 1 aromatic carbocycles. The van der Waals surface area contributed by atoms with Gasteiger partial charge in [-0.15, -0.1) is 12.4 Å². The highest BCUT2D eigenvalue weighted by molar-refractivity contribution is 5.85. The van der Waals surface area contributed by atoms with Gasteiger partial charge in [0.15, 0.2) is 17.7 Å². The van der Waals surface area contributed by atoms with Crippen LogP contribution in [0.3, 0.4) is 0 Å². The number of nitrogens with zero attached hydrogens (tertiary/aromatic N) is 2. The Morgan fingerprint density at radius 3 is 2.85 bits per heavy atom. The fourth-order valence-electron chi connectivity index (χ4n) is 3.62. The zero-order valence-electron chi connectivity index (χ0n) is 15.5. The fraction of sp³-hybridized carbons (Fsp3) is 0.579. The number of piperidine rings is 1. The highest BCUT2D eigenvalue weighted by atomic mass is 35.5. The summed E-state index contributed by atoms with van der Waals surface area (Å²) in [5.41, 5.74) is 0. The quantitative estimate of drug-likeness (QED) is 0.820. The maximum absolute atomic E-state index is 13.8. The van der Waals surface area contributed by atoms with Crippen molar-refractivity contribution in [1.82, 2.24) is 15.1 Å². The van der Waals surface area contributed by atoms with Crippen LogP contribution in [0.25, 0.3) is 0 Å². The van der Waals surface area contributed by atoms with E-state index in [4.69, 9.17) is 4.74 Å². The van der Waals surface area contributed by atoms with E-state index in [2.05, 4.69) is 5.32 Å². The van der Waals surface area contributed by atoms with Gasteiger partial charge in [0.05, 0.1) is 6.54 Å². The summed E-state index contributed by atoms with van der Waals surface area (Å²) in [6.45, 7) is 4.83. The highest BCUT2D eigenvalue weighted by Gasteiger charge is 2.34. The van der Waals surface area contributed by atoms with Crippen LogP contribution >= 0.6 is 12.4 Å². The molecule has 0 bridgehead atoms. The van der Waals surface area contributed by atoms with Crippen LogP contribution in [-0.4, -0.2) is 66.5 Å². The van der Waals surface area contributed by atoms with Crippen molar-refractivity contribution in [2.45, 2.75) is 38.3 Å². The standard InChI is InChI=1S/C19H26FN3O3.ClH/c1-2-16(26-17-8-4-3-7-15(17)20)19(25)22-10-5-6-14(13-22)23-11-9-21-12-18(23)24;/h3-4,7-8,14,16,21H,2,5-6,9-13H2,1H3;1H. The Morgan fingerprint density at radius 2 is 2.15 bits per heavy atom. The predicted octanol–water partition coefficient (Wildman–Crippen LogP) is 1.83. The summed E-state index contributed by atoms with van der Waals surface area (Å²) in [4.78, 5) is 28.7. The first kappa shape index (κ1) is 21.4. The summed E-state index contributed by atoms with van der Waals surface area (Å²) in [7, 11) is 0. The molecule has 150 valence electrons. The lowest BCUT2D eigenvalue weighted by molar-refractivity contribution is -0.144. The van der Waals surface area contributed by atoms with Crippen LogP contribution in [0.2, 0.25) is 0 Å². The van der Waals surface area contributed by atoms with Crippen LogP contribution in [0.1, 0.15) is 26.2 Å². The zero-order valence-corrected chi connectivity index (χ0v) is 16.3. The van der Waals surface area contributed by atoms with Crippen molar-refractivity contribution in [1.29, 1.82) is 0 Å². The van der Waals surface area contributed by atoms with E-state index in [1.54, 1.807) is 17.0 Å². The van der Waals surface area contributed by atoms with Crippen LogP contribution in [0, 0.1) is 5.82 Å². The second-order valence-corrected chi connectivity index (χ2v) is 6.79. The minimum Gasteiger partial charge on any atom is -0.478 e. The van der Waals surface area contributed by atoms with Gasteiger partial charge in [-0.3, -0.25) is 9.59 Å². The first-order valence-corrected chi connectivity index (χ1v) is 9.30. The van der Waals surface area contributed by atoms with E-state index in [0.717, 1.165) is 19.4 Å². The molecular weight excluding hydrogens is 373 g/mol. The summed E-state index contributed by atoms with van der Waals surface area (Å²) in [5.74, 6) is -0.423. The molecule has 2 saturated heterocycles. The Hall–Kier alpha value is -1.86. The molecule has 2 unspecified atom stereocenters. The van der Waals surface area contributed by atoms with Gasteiger partial charge in [-0.05, 0) is 31.4 Å². The van der Waals surface area contributed by atoms with Crippen molar-refractivity contribution >= 4 is 24.2 Å². The molecule has 0 aliphatic carbocycles. The number of likely N-dealkylation sites (tertiary alicyclic amines) is 1. The predicted molar refractivity (Wildman–Crippen MR) is 103 cm³/mol. The first-order chi connectivity index (χ1) is 12.6. The summed E-state index contributed by atoms with van der Waals surface area (Å²) in [6.07, 6.45) is 1.50. The third kappa shape index (κ3) is 5.11. The Morgan fingerprint density at radius 1 is 1.37 bits per heavy atom. The van der Waals surface area contributed by atoms with Crippen LogP contribution in [0.15, 0.2) is 24.3 Å². The third-order valence-corrected chi connectivity index (χ3v) is 5.03. The second kappa shape index (κ2) is 9.90. The van der Waals surface area contributed by atoms with Crippen LogP contribution in [-0.2, 0) is 9.59 Å². The largest absolute Gasteiger partial charge is 0.478 e. The molecule has 2 atom stereocenters. The second-order valence-electron chi connectivity index (χ2n) is 6.79. The van der Waals surface area contributed by atoms with Gasteiger partial charge in [-0.1, -0.05) is 19.1 Å². The average Bonchev–Trinajstić information content (AvgIpc) is 2.67. The maximum Gasteiger partial charge on any atom is 0.263 e. The summed E-state index contributed by atoms with van der Waals surface area (Å²) >= 11 is 0. The number of carbonyl (C=O) groups excluding carboxylic acids is 2. The Kier molecular flexibility index (Phi) is 7.86. The summed E-state index contributed by atoms with van der Waals surface area (Å²) < 4.78 is 19.5. The number of nitrogens with one attached hydrogen (secondary N) is 1. The summed E-state index contributed by atoms with van der Waals surface area (Å²) in [5, 5.41) is 3.07. The van der Waals surface area contributed by atoms with Gasteiger partial charge in [0, 0.05) is 32.2 Å². The molecule has 0 saturated carbocycles. The third-order valence-electron chi connectivity index (χ3n) is 5.03. The van der Waals surface area contributed by atoms with Crippen molar-refractivity contribution in [3.63, 3.8) is 0 Å². The van der Waals surface area contributed by atoms with E-state index in [-0.39, 0.29) is 36.0 Å². The number of amides is 2. The van der Waals surface area contributed by atoms with E-state index in [1.165, 1.54) is 12.1 Å². The molecule has 2 fully saturated rings. The van der Waals surface area contributed by atoms with E-state index in [9.17, 15) is 14.0 Å². The molecule has 8 heteroatoms. The molecule has 2 heterocycles. The lowest BCUT2D eigenvalue weighted by atomic mass is 10.0. The van der Waals surface area contributed by atoms with Gasteiger partial charge in [-0.25, -0.2) is 4.39 Å². The molecule has 1 N–H and O–H groups in total. The van der Waals surface area contributed by atoms with Gasteiger partial charge in [0.1, 0.15) is 0 Å². The molecule has 0 radical (unpaired) electrons. The number of piperazine rings is 1. The molecular formula is C19H27ClFN3O3. The first-order valence-electron chi connectivity index (χ1n) is 9.30. The number of halogens is 2. The number of benzene rings is 1. The molecule has 3 rings (SSSR count). The van der Waals surface area contributed by atoms with Gasteiger partial charge in [0.25, 0.3) is 5.91 Å². The van der Waals surface area contributed by atoms with Crippen molar-refractivity contribution in [3.05, 3.63) is 30.1 Å². The van der Waals surface area contributed by atoms with Crippen LogP contribution in [0.4, 0.5) is 4.39 Å². The van der Waals surface area contributed by atoms with Crippen molar-refractivity contribution in [2.75, 3.05) is 32.7 Å². The number of rotatable bonds is 5. The molecule has 2 amide bonds. The average molecular weight is 400 g/mol. The molecule has 27 heavy (non-hydrogen) atoms. The van der Waals surface area contributed by atoms with Gasteiger partial charge in [-0.2, -0.15) is 0 Å². The number of ether oxygens (including phenoxy) is 1. The normalized spacial score (nSPS) is 21.4. The van der Waals surface area contributed by atoms with Gasteiger partial charge >= 0.3 is 0 Å². The van der Waals surface area contributed by atoms with Crippen molar-refractivity contribution in [2.24, 2.45) is 0 Å². The highest BCUT2D eigenvalue weighted by Crippen LogP contribution is 2.22. The zero-order chi connectivity index (χ0) is 18.5. The SMILES string of the molecule is CCC(Oc1ccccc1F)C(=O)N1CCCC(N2CCNCC2=O)C1.Cl. The lowest BCUT2D eigenvalue weighted by Gasteiger charge is -2.41. The molecule has 0 aromatic heterocycles. The van der Waals surface area contributed by atoms with Crippen LogP contribution < -0.4 is 10.1 Å².